The molecule has 2 fully saturated rings. The molecular formula is C23H37FN4OS. The quantitative estimate of drug-likeness (QED) is 0.581. The van der Waals surface area contributed by atoms with E-state index in [0.717, 1.165) is 44.5 Å². The largest absolute Gasteiger partial charge is 0.382 e. The fourth-order valence-electron chi connectivity index (χ4n) is 3.89. The highest BCUT2D eigenvalue weighted by Crippen LogP contribution is 2.26. The van der Waals surface area contributed by atoms with Crippen LogP contribution in [-0.2, 0) is 5.75 Å². The van der Waals surface area contributed by atoms with Gasteiger partial charge in [0, 0.05) is 17.0 Å². The predicted octanol–water partition coefficient (Wildman–Crippen LogP) is 5.45. The number of rotatable bonds is 5. The normalized spacial score (nSPS) is 17.1. The molecule has 1 aromatic heterocycles. The van der Waals surface area contributed by atoms with Gasteiger partial charge in [-0.3, -0.25) is 4.79 Å². The molecule has 5 nitrogen and oxygen atoms in total. The maximum atomic E-state index is 14.5. The van der Waals surface area contributed by atoms with Crippen molar-refractivity contribution in [2.45, 2.75) is 83.3 Å². The highest BCUT2D eigenvalue weighted by molar-refractivity contribution is 7.99. The molecule has 0 amide bonds. The molecule has 1 aliphatic heterocycles. The second-order valence-electron chi connectivity index (χ2n) is 7.25. The first-order chi connectivity index (χ1) is 14.7. The lowest BCUT2D eigenvalue weighted by Gasteiger charge is -2.21. The van der Waals surface area contributed by atoms with Crippen LogP contribution in [-0.4, -0.2) is 34.3 Å². The van der Waals surface area contributed by atoms with Crippen molar-refractivity contribution >= 4 is 28.4 Å². The summed E-state index contributed by atoms with van der Waals surface area (Å²) in [6, 6.07) is 3.62. The van der Waals surface area contributed by atoms with Gasteiger partial charge in [0.2, 0.25) is 0 Å². The minimum atomic E-state index is -0.505. The van der Waals surface area contributed by atoms with E-state index in [0.29, 0.717) is 28.4 Å². The van der Waals surface area contributed by atoms with Gasteiger partial charge in [-0.2, -0.15) is 11.8 Å². The van der Waals surface area contributed by atoms with Crippen molar-refractivity contribution in [3.63, 3.8) is 0 Å². The van der Waals surface area contributed by atoms with E-state index >= 15 is 0 Å². The van der Waals surface area contributed by atoms with E-state index < -0.39 is 5.82 Å². The molecule has 1 saturated carbocycles. The first kappa shape index (κ1) is 24.7. The number of benzene rings is 1. The molecule has 4 rings (SSSR count). The van der Waals surface area contributed by atoms with Crippen LogP contribution in [0.15, 0.2) is 16.9 Å². The average Bonchev–Trinajstić information content (AvgIpc) is 3.28. The summed E-state index contributed by atoms with van der Waals surface area (Å²) in [6.07, 6.45) is 6.91. The van der Waals surface area contributed by atoms with Crippen LogP contribution in [0.2, 0.25) is 0 Å². The lowest BCUT2D eigenvalue weighted by molar-refractivity contribution is 0.531. The Morgan fingerprint density at radius 3 is 2.43 bits per heavy atom. The number of aromatic nitrogens is 2. The Hall–Kier alpha value is -1.60. The van der Waals surface area contributed by atoms with E-state index in [9.17, 15) is 9.18 Å². The van der Waals surface area contributed by atoms with Crippen molar-refractivity contribution in [3.8, 4) is 0 Å². The van der Waals surface area contributed by atoms with Crippen molar-refractivity contribution in [1.29, 1.82) is 0 Å². The number of nitrogens with zero attached hydrogens (tertiary/aromatic N) is 1. The predicted molar refractivity (Wildman–Crippen MR) is 128 cm³/mol. The van der Waals surface area contributed by atoms with Crippen LogP contribution in [0.4, 0.5) is 10.1 Å². The Morgan fingerprint density at radius 2 is 1.77 bits per heavy atom. The molecule has 1 saturated heterocycles. The lowest BCUT2D eigenvalue weighted by atomic mass is 10.2. The summed E-state index contributed by atoms with van der Waals surface area (Å²) in [4.78, 5) is 19.7. The minimum Gasteiger partial charge on any atom is -0.382 e. The highest BCUT2D eigenvalue weighted by Gasteiger charge is 2.18. The molecule has 30 heavy (non-hydrogen) atoms. The lowest BCUT2D eigenvalue weighted by Crippen LogP contribution is -2.29. The molecule has 0 atom stereocenters. The van der Waals surface area contributed by atoms with E-state index in [1.807, 2.05) is 45.5 Å². The number of fused-ring (bicyclic) bond motifs is 1. The van der Waals surface area contributed by atoms with Crippen LogP contribution in [0.5, 0.6) is 0 Å². The van der Waals surface area contributed by atoms with Gasteiger partial charge in [-0.15, -0.1) is 0 Å². The van der Waals surface area contributed by atoms with Crippen LogP contribution in [0, 0.1) is 5.82 Å². The van der Waals surface area contributed by atoms with E-state index in [4.69, 9.17) is 0 Å². The molecule has 0 bridgehead atoms. The summed E-state index contributed by atoms with van der Waals surface area (Å²) < 4.78 is 14.5. The average molecular weight is 437 g/mol. The summed E-state index contributed by atoms with van der Waals surface area (Å²) in [5.41, 5.74) is 0.771. The monoisotopic (exact) mass is 436 g/mol. The molecular weight excluding hydrogens is 399 g/mol. The van der Waals surface area contributed by atoms with Gasteiger partial charge in [0.1, 0.15) is 17.0 Å². The number of thioether (sulfide) groups is 1. The second-order valence-corrected chi connectivity index (χ2v) is 8.54. The molecule has 0 spiro atoms. The van der Waals surface area contributed by atoms with Gasteiger partial charge in [0.15, 0.2) is 0 Å². The van der Waals surface area contributed by atoms with Crippen LogP contribution in [0.25, 0.3) is 10.9 Å². The molecule has 2 heterocycles. The fraction of sp³-hybridized carbons (Fsp3) is 0.652. The van der Waals surface area contributed by atoms with Crippen molar-refractivity contribution in [2.24, 2.45) is 0 Å². The molecule has 1 aromatic carbocycles. The molecule has 0 radical (unpaired) electrons. The number of hydrogen-bond acceptors (Lipinski definition) is 5. The van der Waals surface area contributed by atoms with E-state index in [1.165, 1.54) is 18.9 Å². The van der Waals surface area contributed by atoms with E-state index in [-0.39, 0.29) is 10.9 Å². The zero-order chi connectivity index (χ0) is 21.9. The zero-order valence-electron chi connectivity index (χ0n) is 18.8. The molecule has 168 valence electrons. The van der Waals surface area contributed by atoms with Crippen LogP contribution in [0.1, 0.15) is 72.0 Å². The number of nitrogens with one attached hydrogen (secondary N) is 3. The molecule has 2 aromatic rings. The van der Waals surface area contributed by atoms with Crippen LogP contribution < -0.4 is 16.2 Å². The van der Waals surface area contributed by atoms with Crippen LogP contribution in [0.3, 0.4) is 0 Å². The number of piperidine rings is 1. The maximum Gasteiger partial charge on any atom is 0.261 e. The number of anilines is 1. The summed E-state index contributed by atoms with van der Waals surface area (Å²) in [5, 5.41) is 7.39. The van der Waals surface area contributed by atoms with Crippen LogP contribution >= 0.6 is 11.8 Å². The van der Waals surface area contributed by atoms with Crippen molar-refractivity contribution in [1.82, 2.24) is 15.3 Å². The minimum absolute atomic E-state index is 0.0533. The second kappa shape index (κ2) is 13.0. The fourth-order valence-corrected chi connectivity index (χ4v) is 4.99. The van der Waals surface area contributed by atoms with Crippen molar-refractivity contribution < 1.29 is 4.39 Å². The molecule has 0 unspecified atom stereocenters. The molecule has 2 aliphatic rings. The third-order valence-corrected chi connectivity index (χ3v) is 6.66. The van der Waals surface area contributed by atoms with Gasteiger partial charge in [-0.05, 0) is 50.9 Å². The standard InChI is InChI=1S/C19H25FN4OS.2C2H6/c20-15-9-13(22-12-3-1-2-4-12)10-16-18(15)19(25)24-17(23-16)11-26-14-5-7-21-8-6-14;2*1-2/h9-10,12,14,21-22H,1-8,11H2,(H,23,24,25);2*1-2H3. The Labute approximate surface area is 184 Å². The van der Waals surface area contributed by atoms with Gasteiger partial charge in [-0.1, -0.05) is 40.5 Å². The van der Waals surface area contributed by atoms with Crippen molar-refractivity contribution in [2.75, 3.05) is 18.4 Å². The maximum absolute atomic E-state index is 14.5. The highest BCUT2D eigenvalue weighted by atomic mass is 32.2. The third kappa shape index (κ3) is 6.71. The molecule has 1 aliphatic carbocycles. The summed E-state index contributed by atoms with van der Waals surface area (Å²) in [7, 11) is 0. The number of hydrogen-bond donors (Lipinski definition) is 3. The first-order valence-corrected chi connectivity index (χ1v) is 12.6. The molecule has 3 N–H and O–H groups in total. The van der Waals surface area contributed by atoms with E-state index in [2.05, 4.69) is 20.6 Å². The van der Waals surface area contributed by atoms with Gasteiger partial charge in [-0.25, -0.2) is 9.37 Å². The SMILES string of the molecule is CC.CC.O=c1[nH]c(CSC2CCNCC2)nc2cc(NC3CCCC3)cc(F)c12. The summed E-state index contributed by atoms with van der Waals surface area (Å²) in [6.45, 7) is 10.1. The van der Waals surface area contributed by atoms with Gasteiger partial charge in [0.25, 0.3) is 5.56 Å². The Balaban J connectivity index is 0.000000757. The van der Waals surface area contributed by atoms with E-state index in [1.54, 1.807) is 0 Å². The third-order valence-electron chi connectivity index (χ3n) is 5.28. The summed E-state index contributed by atoms with van der Waals surface area (Å²) >= 11 is 1.82. The molecule has 7 heteroatoms. The van der Waals surface area contributed by atoms with Gasteiger partial charge in [0.05, 0.1) is 11.3 Å². The Bertz CT molecular complexity index is 830. The Morgan fingerprint density at radius 1 is 1.10 bits per heavy atom. The topological polar surface area (TPSA) is 69.8 Å². The number of aromatic amines is 1. The Kier molecular flexibility index (Phi) is 10.6. The smallest absolute Gasteiger partial charge is 0.261 e. The van der Waals surface area contributed by atoms with Gasteiger partial charge < -0.3 is 15.6 Å². The zero-order valence-corrected chi connectivity index (χ0v) is 19.6. The number of H-pyrrole nitrogens is 1. The van der Waals surface area contributed by atoms with Gasteiger partial charge >= 0.3 is 0 Å². The summed E-state index contributed by atoms with van der Waals surface area (Å²) in [5.74, 6) is 0.773. The first-order valence-electron chi connectivity index (χ1n) is 11.5. The van der Waals surface area contributed by atoms with Crippen molar-refractivity contribution in [3.05, 3.63) is 34.1 Å². The number of halogens is 1.